The summed E-state index contributed by atoms with van der Waals surface area (Å²) in [6, 6.07) is 7.70. The van der Waals surface area contributed by atoms with Gasteiger partial charge in [0.15, 0.2) is 0 Å². The number of nitrogens with one attached hydrogen (secondary N) is 1. The number of anilines is 1. The molecule has 0 aliphatic heterocycles. The Labute approximate surface area is 138 Å². The summed E-state index contributed by atoms with van der Waals surface area (Å²) in [5.41, 5.74) is 0.690. The van der Waals surface area contributed by atoms with Crippen molar-refractivity contribution in [2.45, 2.75) is 5.03 Å². The van der Waals surface area contributed by atoms with E-state index in [1.165, 1.54) is 23.9 Å². The molecule has 0 spiro atoms. The Kier molecular flexibility index (Phi) is 5.12. The number of hydrogen-bond acceptors (Lipinski definition) is 5. The molecule has 2 rings (SSSR count). The SMILES string of the molecule is CSc1ccc(NC(=O)c2cc([N+](=O)[O-])ccc2I)cn1. The summed E-state index contributed by atoms with van der Waals surface area (Å²) in [6.45, 7) is 0. The molecule has 0 aliphatic rings. The molecular formula is C13H10IN3O3S. The molecule has 1 aromatic carbocycles. The van der Waals surface area contributed by atoms with Crippen LogP contribution in [0.2, 0.25) is 0 Å². The minimum absolute atomic E-state index is 0.114. The van der Waals surface area contributed by atoms with E-state index < -0.39 is 10.8 Å². The number of pyridine rings is 1. The van der Waals surface area contributed by atoms with E-state index in [1.54, 1.807) is 24.4 Å². The number of rotatable bonds is 4. The molecule has 108 valence electrons. The van der Waals surface area contributed by atoms with Crippen LogP contribution in [0.4, 0.5) is 11.4 Å². The van der Waals surface area contributed by atoms with Crippen LogP contribution in [0.1, 0.15) is 10.4 Å². The lowest BCUT2D eigenvalue weighted by atomic mass is 10.2. The Hall–Kier alpha value is -1.68. The third-order valence-corrected chi connectivity index (χ3v) is 4.21. The molecule has 6 nitrogen and oxygen atoms in total. The lowest BCUT2D eigenvalue weighted by molar-refractivity contribution is -0.384. The van der Waals surface area contributed by atoms with Crippen LogP contribution in [0, 0.1) is 13.7 Å². The van der Waals surface area contributed by atoms with E-state index in [4.69, 9.17) is 0 Å². The molecule has 8 heteroatoms. The lowest BCUT2D eigenvalue weighted by Crippen LogP contribution is -2.14. The van der Waals surface area contributed by atoms with Crippen molar-refractivity contribution in [1.82, 2.24) is 4.98 Å². The number of nitrogens with zero attached hydrogens (tertiary/aromatic N) is 2. The van der Waals surface area contributed by atoms with Crippen LogP contribution < -0.4 is 5.32 Å². The van der Waals surface area contributed by atoms with Gasteiger partial charge in [0.25, 0.3) is 11.6 Å². The number of halogens is 1. The number of nitro groups is 1. The first-order valence-corrected chi connectivity index (χ1v) is 8.07. The van der Waals surface area contributed by atoms with E-state index in [9.17, 15) is 14.9 Å². The molecule has 1 aromatic heterocycles. The molecule has 0 fully saturated rings. The van der Waals surface area contributed by atoms with Gasteiger partial charge in [0.2, 0.25) is 0 Å². The largest absolute Gasteiger partial charge is 0.321 e. The van der Waals surface area contributed by atoms with Crippen LogP contribution in [-0.4, -0.2) is 22.1 Å². The fraction of sp³-hybridized carbons (Fsp3) is 0.0769. The predicted octanol–water partition coefficient (Wildman–Crippen LogP) is 3.57. The first-order chi connectivity index (χ1) is 10.0. The number of aromatic nitrogens is 1. The number of benzene rings is 1. The Bertz CT molecular complexity index is 692. The quantitative estimate of drug-likeness (QED) is 0.357. The minimum Gasteiger partial charge on any atom is -0.321 e. The van der Waals surface area contributed by atoms with E-state index in [1.807, 2.05) is 28.8 Å². The van der Waals surface area contributed by atoms with Crippen LogP contribution >= 0.6 is 34.4 Å². The van der Waals surface area contributed by atoms with Gasteiger partial charge in [0.1, 0.15) is 0 Å². The van der Waals surface area contributed by atoms with Crippen molar-refractivity contribution < 1.29 is 9.72 Å². The number of non-ortho nitro benzene ring substituents is 1. The first kappa shape index (κ1) is 15.7. The zero-order chi connectivity index (χ0) is 15.4. The predicted molar refractivity (Wildman–Crippen MR) is 89.8 cm³/mol. The molecule has 1 N–H and O–H groups in total. The summed E-state index contributed by atoms with van der Waals surface area (Å²) < 4.78 is 0.643. The molecular weight excluding hydrogens is 405 g/mol. The highest BCUT2D eigenvalue weighted by molar-refractivity contribution is 14.1. The van der Waals surface area contributed by atoms with Gasteiger partial charge in [-0.25, -0.2) is 4.98 Å². The maximum atomic E-state index is 12.2. The molecule has 0 saturated heterocycles. The first-order valence-electron chi connectivity index (χ1n) is 5.76. The number of carbonyl (C=O) groups is 1. The second-order valence-corrected chi connectivity index (χ2v) is 5.95. The Balaban J connectivity index is 2.23. The van der Waals surface area contributed by atoms with Crippen molar-refractivity contribution in [3.05, 3.63) is 55.8 Å². The molecule has 0 unspecified atom stereocenters. The van der Waals surface area contributed by atoms with Crippen LogP contribution in [0.15, 0.2) is 41.6 Å². The second kappa shape index (κ2) is 6.85. The van der Waals surface area contributed by atoms with Crippen LogP contribution in [0.5, 0.6) is 0 Å². The van der Waals surface area contributed by atoms with Crippen molar-refractivity contribution in [2.75, 3.05) is 11.6 Å². The molecule has 0 saturated carbocycles. The normalized spacial score (nSPS) is 10.2. The number of thioether (sulfide) groups is 1. The van der Waals surface area contributed by atoms with Crippen molar-refractivity contribution in [3.8, 4) is 0 Å². The summed E-state index contributed by atoms with van der Waals surface area (Å²) in [7, 11) is 0. The maximum Gasteiger partial charge on any atom is 0.270 e. The second-order valence-electron chi connectivity index (χ2n) is 3.96. The van der Waals surface area contributed by atoms with Crippen molar-refractivity contribution in [3.63, 3.8) is 0 Å². The van der Waals surface area contributed by atoms with Gasteiger partial charge in [-0.15, -0.1) is 11.8 Å². The van der Waals surface area contributed by atoms with Gasteiger partial charge < -0.3 is 5.32 Å². The van der Waals surface area contributed by atoms with E-state index in [0.29, 0.717) is 9.26 Å². The minimum atomic E-state index is -0.526. The highest BCUT2D eigenvalue weighted by Gasteiger charge is 2.15. The van der Waals surface area contributed by atoms with E-state index in [2.05, 4.69) is 10.3 Å². The fourth-order valence-corrected chi connectivity index (χ4v) is 2.52. The standard InChI is InChI=1S/C13H10IN3O3S/c1-21-12-5-2-8(7-15-12)16-13(18)10-6-9(17(19)20)3-4-11(10)14/h2-7H,1H3,(H,16,18). The monoisotopic (exact) mass is 415 g/mol. The van der Waals surface area contributed by atoms with Crippen molar-refractivity contribution in [2.24, 2.45) is 0 Å². The molecule has 1 amide bonds. The van der Waals surface area contributed by atoms with Gasteiger partial charge in [-0.1, -0.05) is 0 Å². The van der Waals surface area contributed by atoms with Gasteiger partial charge in [-0.2, -0.15) is 0 Å². The molecule has 0 radical (unpaired) electrons. The highest BCUT2D eigenvalue weighted by atomic mass is 127. The van der Waals surface area contributed by atoms with Gasteiger partial charge in [0, 0.05) is 15.7 Å². The van der Waals surface area contributed by atoms with E-state index in [0.717, 1.165) is 5.03 Å². The molecule has 1 heterocycles. The average molecular weight is 415 g/mol. The van der Waals surface area contributed by atoms with Gasteiger partial charge in [-0.05, 0) is 47.0 Å². The maximum absolute atomic E-state index is 12.2. The van der Waals surface area contributed by atoms with E-state index in [-0.39, 0.29) is 11.3 Å². The summed E-state index contributed by atoms with van der Waals surface area (Å²) in [4.78, 5) is 26.6. The summed E-state index contributed by atoms with van der Waals surface area (Å²) in [6.07, 6.45) is 3.46. The zero-order valence-corrected chi connectivity index (χ0v) is 13.8. The van der Waals surface area contributed by atoms with Crippen molar-refractivity contribution in [1.29, 1.82) is 0 Å². The molecule has 0 bridgehead atoms. The molecule has 0 atom stereocenters. The third kappa shape index (κ3) is 3.91. The Morgan fingerprint density at radius 2 is 2.14 bits per heavy atom. The fourth-order valence-electron chi connectivity index (χ4n) is 1.57. The summed E-state index contributed by atoms with van der Waals surface area (Å²) in [5.74, 6) is -0.401. The van der Waals surface area contributed by atoms with Crippen molar-refractivity contribution >= 4 is 51.6 Å². The summed E-state index contributed by atoms with van der Waals surface area (Å²) >= 11 is 3.47. The van der Waals surface area contributed by atoms with Gasteiger partial charge in [0.05, 0.1) is 27.4 Å². The van der Waals surface area contributed by atoms with Crippen LogP contribution in [0.25, 0.3) is 0 Å². The topological polar surface area (TPSA) is 85.1 Å². The smallest absolute Gasteiger partial charge is 0.270 e. The molecule has 0 aliphatic carbocycles. The Morgan fingerprint density at radius 1 is 1.38 bits per heavy atom. The zero-order valence-electron chi connectivity index (χ0n) is 10.9. The van der Waals surface area contributed by atoms with E-state index >= 15 is 0 Å². The lowest BCUT2D eigenvalue weighted by Gasteiger charge is -2.07. The molecule has 21 heavy (non-hydrogen) atoms. The number of nitro benzene ring substituents is 1. The number of hydrogen-bond donors (Lipinski definition) is 1. The van der Waals surface area contributed by atoms with Gasteiger partial charge >= 0.3 is 0 Å². The average Bonchev–Trinajstić information content (AvgIpc) is 2.48. The number of carbonyl (C=O) groups excluding carboxylic acids is 1. The highest BCUT2D eigenvalue weighted by Crippen LogP contribution is 2.21. The van der Waals surface area contributed by atoms with Gasteiger partial charge in [-0.3, -0.25) is 14.9 Å². The Morgan fingerprint density at radius 3 is 2.71 bits per heavy atom. The molecule has 2 aromatic rings. The number of amides is 1. The summed E-state index contributed by atoms with van der Waals surface area (Å²) in [5, 5.41) is 14.3. The third-order valence-electron chi connectivity index (χ3n) is 2.61. The van der Waals surface area contributed by atoms with Crippen LogP contribution in [0.3, 0.4) is 0 Å². The van der Waals surface area contributed by atoms with Crippen LogP contribution in [-0.2, 0) is 0 Å².